The van der Waals surface area contributed by atoms with Crippen molar-refractivity contribution in [2.24, 2.45) is 0 Å². The van der Waals surface area contributed by atoms with Crippen molar-refractivity contribution in [2.45, 2.75) is 33.0 Å². The van der Waals surface area contributed by atoms with E-state index in [9.17, 15) is 5.11 Å². The van der Waals surface area contributed by atoms with Gasteiger partial charge in [-0.2, -0.15) is 0 Å². The zero-order valence-electron chi connectivity index (χ0n) is 12.1. The summed E-state index contributed by atoms with van der Waals surface area (Å²) in [5.74, 6) is 0.754. The molecule has 0 bridgehead atoms. The third-order valence-electron chi connectivity index (χ3n) is 2.85. The number of phenols is 1. The van der Waals surface area contributed by atoms with Crippen LogP contribution >= 0.6 is 11.6 Å². The average Bonchev–Trinajstić information content (AvgIpc) is 2.44. The van der Waals surface area contributed by atoms with Gasteiger partial charge in [-0.15, -0.1) is 0 Å². The molecule has 4 nitrogen and oxygen atoms in total. The molecule has 21 heavy (non-hydrogen) atoms. The molecule has 5 heteroatoms. The summed E-state index contributed by atoms with van der Waals surface area (Å²) < 4.78 is 5.68. The van der Waals surface area contributed by atoms with Crippen molar-refractivity contribution in [1.82, 2.24) is 10.3 Å². The Morgan fingerprint density at radius 2 is 2.10 bits per heavy atom. The lowest BCUT2D eigenvalue weighted by atomic mass is 10.2. The van der Waals surface area contributed by atoms with Gasteiger partial charge < -0.3 is 15.2 Å². The quantitative estimate of drug-likeness (QED) is 0.857. The first-order valence-electron chi connectivity index (χ1n) is 6.85. The van der Waals surface area contributed by atoms with Crippen molar-refractivity contribution in [3.63, 3.8) is 0 Å². The molecule has 0 aliphatic rings. The first kappa shape index (κ1) is 15.6. The zero-order chi connectivity index (χ0) is 15.2. The second kappa shape index (κ2) is 7.29. The number of benzene rings is 1. The molecule has 112 valence electrons. The number of ether oxygens (including phenoxy) is 1. The first-order valence-corrected chi connectivity index (χ1v) is 7.22. The number of hydrogen-bond acceptors (Lipinski definition) is 4. The molecule has 1 heterocycles. The minimum absolute atomic E-state index is 0.0922. The predicted molar refractivity (Wildman–Crippen MR) is 83.7 cm³/mol. The Morgan fingerprint density at radius 1 is 1.29 bits per heavy atom. The second-order valence-corrected chi connectivity index (χ2v) is 5.43. The number of hydrogen-bond donors (Lipinski definition) is 2. The molecular weight excluding hydrogens is 288 g/mol. The molecule has 0 spiro atoms. The zero-order valence-corrected chi connectivity index (χ0v) is 12.9. The Labute approximate surface area is 129 Å². The third-order valence-corrected chi connectivity index (χ3v) is 3.16. The van der Waals surface area contributed by atoms with E-state index in [2.05, 4.69) is 10.3 Å². The highest BCUT2D eigenvalue weighted by molar-refractivity contribution is 6.32. The van der Waals surface area contributed by atoms with Gasteiger partial charge in [0, 0.05) is 24.8 Å². The van der Waals surface area contributed by atoms with E-state index in [0.29, 0.717) is 24.0 Å². The summed E-state index contributed by atoms with van der Waals surface area (Å²) in [7, 11) is 0. The van der Waals surface area contributed by atoms with Crippen LogP contribution in [0.4, 0.5) is 0 Å². The normalized spacial score (nSPS) is 10.9. The van der Waals surface area contributed by atoms with Crippen molar-refractivity contribution in [2.75, 3.05) is 0 Å². The van der Waals surface area contributed by atoms with Crippen LogP contribution in [-0.4, -0.2) is 16.2 Å². The maximum atomic E-state index is 9.39. The van der Waals surface area contributed by atoms with Crippen molar-refractivity contribution < 1.29 is 9.84 Å². The highest BCUT2D eigenvalue weighted by Crippen LogP contribution is 2.23. The van der Waals surface area contributed by atoms with Gasteiger partial charge >= 0.3 is 0 Å². The predicted octanol–water partition coefficient (Wildman–Crippen LogP) is 3.52. The lowest BCUT2D eigenvalue weighted by molar-refractivity contribution is 0.229. The van der Waals surface area contributed by atoms with E-state index < -0.39 is 0 Å². The maximum Gasteiger partial charge on any atom is 0.218 e. The smallest absolute Gasteiger partial charge is 0.218 e. The summed E-state index contributed by atoms with van der Waals surface area (Å²) in [6.07, 6.45) is 1.82. The lowest BCUT2D eigenvalue weighted by Gasteiger charge is -2.13. The number of nitrogens with one attached hydrogen (secondary N) is 1. The van der Waals surface area contributed by atoms with Crippen LogP contribution in [0, 0.1) is 0 Å². The molecule has 0 saturated heterocycles. The van der Waals surface area contributed by atoms with Crippen LogP contribution in [0.5, 0.6) is 11.6 Å². The minimum atomic E-state index is 0.0922. The summed E-state index contributed by atoms with van der Waals surface area (Å²) in [6, 6.07) is 9.06. The topological polar surface area (TPSA) is 54.4 Å². The molecule has 0 amide bonds. The Balaban J connectivity index is 1.95. The van der Waals surface area contributed by atoms with E-state index in [1.807, 2.05) is 32.0 Å². The second-order valence-electron chi connectivity index (χ2n) is 5.02. The molecule has 1 aromatic carbocycles. The number of nitrogens with zero attached hydrogens (tertiary/aromatic N) is 1. The summed E-state index contributed by atoms with van der Waals surface area (Å²) >= 11 is 5.88. The number of aromatic hydroxyl groups is 1. The number of pyridine rings is 1. The van der Waals surface area contributed by atoms with E-state index in [1.54, 1.807) is 18.3 Å². The molecule has 0 aliphatic heterocycles. The number of aromatic nitrogens is 1. The van der Waals surface area contributed by atoms with E-state index in [-0.39, 0.29) is 11.9 Å². The molecule has 0 unspecified atom stereocenters. The molecule has 1 aromatic heterocycles. The van der Waals surface area contributed by atoms with Gasteiger partial charge in [0.1, 0.15) is 5.75 Å². The lowest BCUT2D eigenvalue weighted by Crippen LogP contribution is -2.15. The molecule has 0 aliphatic carbocycles. The number of phenolic OH excluding ortho intramolecular Hbond substituents is 1. The van der Waals surface area contributed by atoms with Crippen LogP contribution in [0.25, 0.3) is 0 Å². The van der Waals surface area contributed by atoms with Crippen LogP contribution in [-0.2, 0) is 13.1 Å². The van der Waals surface area contributed by atoms with Crippen LogP contribution in [0.15, 0.2) is 36.5 Å². The Hall–Kier alpha value is -1.78. The fraction of sp³-hybridized carbons (Fsp3) is 0.312. The van der Waals surface area contributed by atoms with Crippen molar-refractivity contribution >= 4 is 11.6 Å². The van der Waals surface area contributed by atoms with Gasteiger partial charge in [-0.05, 0) is 37.6 Å². The van der Waals surface area contributed by atoms with Crippen LogP contribution in [0.1, 0.15) is 25.0 Å². The number of halogens is 1. The van der Waals surface area contributed by atoms with E-state index in [0.717, 1.165) is 11.1 Å². The van der Waals surface area contributed by atoms with E-state index in [4.69, 9.17) is 16.3 Å². The molecule has 0 fully saturated rings. The van der Waals surface area contributed by atoms with E-state index in [1.165, 1.54) is 0 Å². The number of rotatable bonds is 6. The first-order chi connectivity index (χ1) is 10.1. The average molecular weight is 307 g/mol. The minimum Gasteiger partial charge on any atom is -0.506 e. The highest BCUT2D eigenvalue weighted by Gasteiger charge is 2.06. The van der Waals surface area contributed by atoms with Gasteiger partial charge in [-0.25, -0.2) is 4.98 Å². The molecule has 2 aromatic rings. The van der Waals surface area contributed by atoms with Crippen molar-refractivity contribution in [3.8, 4) is 11.6 Å². The van der Waals surface area contributed by atoms with Gasteiger partial charge in [0.2, 0.25) is 5.88 Å². The summed E-state index contributed by atoms with van der Waals surface area (Å²) in [5, 5.41) is 13.1. The van der Waals surface area contributed by atoms with Gasteiger partial charge in [0.25, 0.3) is 0 Å². The standard InChI is InChI=1S/C16H19ClN2O2/c1-11(2)21-16-13(4-3-7-19-16)10-18-9-12-5-6-15(20)14(17)8-12/h3-8,11,18,20H,9-10H2,1-2H3. The highest BCUT2D eigenvalue weighted by atomic mass is 35.5. The maximum absolute atomic E-state index is 9.39. The van der Waals surface area contributed by atoms with E-state index >= 15 is 0 Å². The molecule has 0 atom stereocenters. The van der Waals surface area contributed by atoms with Gasteiger partial charge in [0.15, 0.2) is 0 Å². The Morgan fingerprint density at radius 3 is 2.81 bits per heavy atom. The summed E-state index contributed by atoms with van der Waals surface area (Å²) in [6.45, 7) is 5.25. The fourth-order valence-electron chi connectivity index (χ4n) is 1.89. The van der Waals surface area contributed by atoms with Crippen LogP contribution < -0.4 is 10.1 Å². The largest absolute Gasteiger partial charge is 0.506 e. The molecular formula is C16H19ClN2O2. The Bertz CT molecular complexity index is 603. The van der Waals surface area contributed by atoms with Crippen LogP contribution in [0.3, 0.4) is 0 Å². The van der Waals surface area contributed by atoms with Crippen molar-refractivity contribution in [3.05, 3.63) is 52.7 Å². The molecule has 0 saturated carbocycles. The summed E-state index contributed by atoms with van der Waals surface area (Å²) in [5.41, 5.74) is 2.02. The molecule has 2 rings (SSSR count). The molecule has 0 radical (unpaired) electrons. The monoisotopic (exact) mass is 306 g/mol. The van der Waals surface area contributed by atoms with Gasteiger partial charge in [0.05, 0.1) is 11.1 Å². The Kier molecular flexibility index (Phi) is 5.42. The SMILES string of the molecule is CC(C)Oc1ncccc1CNCc1ccc(O)c(Cl)c1. The van der Waals surface area contributed by atoms with Gasteiger partial charge in [-0.1, -0.05) is 23.7 Å². The fourth-order valence-corrected chi connectivity index (χ4v) is 2.09. The van der Waals surface area contributed by atoms with Crippen molar-refractivity contribution in [1.29, 1.82) is 0 Å². The van der Waals surface area contributed by atoms with Gasteiger partial charge in [-0.3, -0.25) is 0 Å². The summed E-state index contributed by atoms with van der Waals surface area (Å²) in [4.78, 5) is 4.25. The molecule has 2 N–H and O–H groups in total. The third kappa shape index (κ3) is 4.62. The van der Waals surface area contributed by atoms with Crippen LogP contribution in [0.2, 0.25) is 5.02 Å².